The van der Waals surface area contributed by atoms with Gasteiger partial charge in [-0.2, -0.15) is 0 Å². The van der Waals surface area contributed by atoms with Crippen LogP contribution in [-0.4, -0.2) is 53.5 Å². The maximum Gasteiger partial charge on any atom is 0.222 e. The molecule has 28 heavy (non-hydrogen) atoms. The number of likely N-dealkylation sites (tertiary alicyclic amines) is 2. The topological polar surface area (TPSA) is 35.6 Å². The van der Waals surface area contributed by atoms with E-state index in [2.05, 4.69) is 45.4 Å². The molecule has 0 radical (unpaired) electrons. The molecule has 1 saturated carbocycles. The van der Waals surface area contributed by atoms with E-state index in [0.29, 0.717) is 11.9 Å². The number of carbonyl (C=O) groups excluding carboxylic acids is 1. The first-order valence-corrected chi connectivity index (χ1v) is 11.6. The first-order valence-electron chi connectivity index (χ1n) is 11.6. The van der Waals surface area contributed by atoms with Gasteiger partial charge >= 0.3 is 0 Å². The van der Waals surface area contributed by atoms with Crippen molar-refractivity contribution in [1.29, 1.82) is 0 Å². The Bertz CT molecular complexity index is 620. The number of hydrogen-bond acceptors (Lipinski definition) is 3. The van der Waals surface area contributed by atoms with Crippen molar-refractivity contribution in [1.82, 2.24) is 15.1 Å². The molecule has 1 atom stereocenters. The smallest absolute Gasteiger partial charge is 0.222 e. The van der Waals surface area contributed by atoms with E-state index in [1.165, 1.54) is 63.6 Å². The summed E-state index contributed by atoms with van der Waals surface area (Å²) in [6.07, 6.45) is 12.2. The Morgan fingerprint density at radius 2 is 1.75 bits per heavy atom. The van der Waals surface area contributed by atoms with E-state index in [4.69, 9.17) is 0 Å². The minimum Gasteiger partial charge on any atom is -0.338 e. The van der Waals surface area contributed by atoms with Gasteiger partial charge in [-0.1, -0.05) is 49.6 Å². The van der Waals surface area contributed by atoms with E-state index >= 15 is 0 Å². The summed E-state index contributed by atoms with van der Waals surface area (Å²) in [5.41, 5.74) is 1.60. The standard InChI is InChI=1S/C24H37N3O/c28-23-12-11-22(13-16-25-19-21-9-3-1-4-10-21)27(23)20-24(14-5-6-15-24)26-17-7-2-8-18-26/h1,3-4,9-10,22,25H,2,5-8,11-20H2. The van der Waals surface area contributed by atoms with E-state index < -0.39 is 0 Å². The Balaban J connectivity index is 1.33. The summed E-state index contributed by atoms with van der Waals surface area (Å²) in [5, 5.41) is 3.58. The molecule has 0 aromatic heterocycles. The van der Waals surface area contributed by atoms with Crippen LogP contribution in [0.3, 0.4) is 0 Å². The van der Waals surface area contributed by atoms with Crippen LogP contribution in [0.1, 0.15) is 69.8 Å². The normalized spacial score (nSPS) is 25.5. The number of amides is 1. The van der Waals surface area contributed by atoms with E-state index in [0.717, 1.165) is 38.9 Å². The van der Waals surface area contributed by atoms with Crippen LogP contribution in [0.15, 0.2) is 30.3 Å². The van der Waals surface area contributed by atoms with Crippen LogP contribution < -0.4 is 5.32 Å². The number of rotatable bonds is 8. The Kier molecular flexibility index (Phi) is 6.69. The van der Waals surface area contributed by atoms with Crippen LogP contribution >= 0.6 is 0 Å². The molecule has 1 aromatic rings. The van der Waals surface area contributed by atoms with Crippen LogP contribution in [0.2, 0.25) is 0 Å². The summed E-state index contributed by atoms with van der Waals surface area (Å²) < 4.78 is 0. The van der Waals surface area contributed by atoms with E-state index in [9.17, 15) is 4.79 Å². The Labute approximate surface area is 170 Å². The number of piperidine rings is 1. The van der Waals surface area contributed by atoms with Crippen molar-refractivity contribution in [2.24, 2.45) is 0 Å². The summed E-state index contributed by atoms with van der Waals surface area (Å²) in [5.74, 6) is 0.399. The number of carbonyl (C=O) groups is 1. The fraction of sp³-hybridized carbons (Fsp3) is 0.708. The van der Waals surface area contributed by atoms with Crippen LogP contribution in [0.5, 0.6) is 0 Å². The predicted octanol–water partition coefficient (Wildman–Crippen LogP) is 3.96. The van der Waals surface area contributed by atoms with Gasteiger partial charge in [0.15, 0.2) is 0 Å². The van der Waals surface area contributed by atoms with Crippen LogP contribution in [0.4, 0.5) is 0 Å². The van der Waals surface area contributed by atoms with Gasteiger partial charge < -0.3 is 10.2 Å². The number of nitrogens with one attached hydrogen (secondary N) is 1. The largest absolute Gasteiger partial charge is 0.338 e. The van der Waals surface area contributed by atoms with Gasteiger partial charge in [-0.25, -0.2) is 0 Å². The van der Waals surface area contributed by atoms with Crippen molar-refractivity contribution in [2.45, 2.75) is 82.3 Å². The van der Waals surface area contributed by atoms with Crippen LogP contribution in [0.25, 0.3) is 0 Å². The van der Waals surface area contributed by atoms with Crippen molar-refractivity contribution in [2.75, 3.05) is 26.2 Å². The fourth-order valence-corrected chi connectivity index (χ4v) is 5.70. The van der Waals surface area contributed by atoms with Gasteiger partial charge in [-0.3, -0.25) is 9.69 Å². The van der Waals surface area contributed by atoms with Gasteiger partial charge in [-0.05, 0) is 63.7 Å². The third-order valence-electron chi connectivity index (χ3n) is 7.30. The van der Waals surface area contributed by atoms with Crippen LogP contribution in [-0.2, 0) is 11.3 Å². The molecule has 1 aliphatic carbocycles. The minimum absolute atomic E-state index is 0.274. The minimum atomic E-state index is 0.274. The molecule has 2 aliphatic heterocycles. The molecule has 3 fully saturated rings. The second-order valence-electron chi connectivity index (χ2n) is 9.14. The molecular weight excluding hydrogens is 346 g/mol. The summed E-state index contributed by atoms with van der Waals surface area (Å²) in [7, 11) is 0. The van der Waals surface area contributed by atoms with Crippen molar-refractivity contribution in [3.8, 4) is 0 Å². The first kappa shape index (κ1) is 19.9. The molecule has 2 heterocycles. The first-order chi connectivity index (χ1) is 13.8. The molecular formula is C24H37N3O. The van der Waals surface area contributed by atoms with E-state index in [1.807, 2.05) is 0 Å². The molecule has 154 valence electrons. The van der Waals surface area contributed by atoms with Crippen molar-refractivity contribution >= 4 is 5.91 Å². The molecule has 1 unspecified atom stereocenters. The van der Waals surface area contributed by atoms with Crippen LogP contribution in [0, 0.1) is 0 Å². The highest BCUT2D eigenvalue weighted by atomic mass is 16.2. The highest BCUT2D eigenvalue weighted by Gasteiger charge is 2.44. The molecule has 0 spiro atoms. The van der Waals surface area contributed by atoms with Gasteiger partial charge in [0.25, 0.3) is 0 Å². The summed E-state index contributed by atoms with van der Waals surface area (Å²) >= 11 is 0. The Morgan fingerprint density at radius 1 is 1.00 bits per heavy atom. The van der Waals surface area contributed by atoms with Crippen molar-refractivity contribution < 1.29 is 4.79 Å². The third-order valence-corrected chi connectivity index (χ3v) is 7.30. The third kappa shape index (κ3) is 4.60. The lowest BCUT2D eigenvalue weighted by Gasteiger charge is -2.46. The van der Waals surface area contributed by atoms with Crippen molar-refractivity contribution in [3.63, 3.8) is 0 Å². The number of nitrogens with zero attached hydrogens (tertiary/aromatic N) is 2. The lowest BCUT2D eigenvalue weighted by molar-refractivity contribution is -0.131. The average molecular weight is 384 g/mol. The maximum atomic E-state index is 12.7. The lowest BCUT2D eigenvalue weighted by Crippen LogP contribution is -2.57. The quantitative estimate of drug-likeness (QED) is 0.690. The summed E-state index contributed by atoms with van der Waals surface area (Å²) in [6.45, 7) is 5.37. The maximum absolute atomic E-state index is 12.7. The fourth-order valence-electron chi connectivity index (χ4n) is 5.70. The highest BCUT2D eigenvalue weighted by Crippen LogP contribution is 2.39. The number of benzene rings is 1. The molecule has 4 rings (SSSR count). The molecule has 0 bridgehead atoms. The molecule has 4 nitrogen and oxygen atoms in total. The monoisotopic (exact) mass is 383 g/mol. The predicted molar refractivity (Wildman–Crippen MR) is 114 cm³/mol. The molecule has 1 amide bonds. The molecule has 1 aromatic carbocycles. The second-order valence-corrected chi connectivity index (χ2v) is 9.14. The highest BCUT2D eigenvalue weighted by molar-refractivity contribution is 5.78. The zero-order valence-corrected chi connectivity index (χ0v) is 17.4. The molecule has 3 aliphatic rings. The summed E-state index contributed by atoms with van der Waals surface area (Å²) in [6, 6.07) is 11.0. The van der Waals surface area contributed by atoms with Gasteiger partial charge in [0.2, 0.25) is 5.91 Å². The Morgan fingerprint density at radius 3 is 2.50 bits per heavy atom. The number of hydrogen-bond donors (Lipinski definition) is 1. The van der Waals surface area contributed by atoms with Crippen molar-refractivity contribution in [3.05, 3.63) is 35.9 Å². The van der Waals surface area contributed by atoms with Gasteiger partial charge in [0, 0.05) is 31.1 Å². The Hall–Kier alpha value is -1.39. The zero-order chi connectivity index (χ0) is 19.2. The second kappa shape index (κ2) is 9.41. The lowest BCUT2D eigenvalue weighted by atomic mass is 9.91. The SMILES string of the molecule is O=C1CCC(CCNCc2ccccc2)N1CC1(N2CCCCC2)CCCC1. The van der Waals surface area contributed by atoms with E-state index in [-0.39, 0.29) is 5.54 Å². The molecule has 1 N–H and O–H groups in total. The van der Waals surface area contributed by atoms with Gasteiger partial charge in [0.05, 0.1) is 0 Å². The molecule has 4 heteroatoms. The average Bonchev–Trinajstić information content (AvgIpc) is 3.36. The van der Waals surface area contributed by atoms with Gasteiger partial charge in [0.1, 0.15) is 0 Å². The molecule has 2 saturated heterocycles. The summed E-state index contributed by atoms with van der Waals surface area (Å²) in [4.78, 5) is 17.8. The van der Waals surface area contributed by atoms with Gasteiger partial charge in [-0.15, -0.1) is 0 Å². The zero-order valence-electron chi connectivity index (χ0n) is 17.4. The van der Waals surface area contributed by atoms with E-state index in [1.54, 1.807) is 0 Å².